The molecular formula is C20H25ClN2O4S. The van der Waals surface area contributed by atoms with Gasteiger partial charge in [0.2, 0.25) is 15.9 Å². The molecule has 1 amide bonds. The SMILES string of the molecule is Cc1ccccc1OC[C@H](C)NC(=O)CN(Cc1ccccc1Cl)S(C)(=O)=O. The van der Waals surface area contributed by atoms with E-state index in [2.05, 4.69) is 5.32 Å². The number of hydrogen-bond donors (Lipinski definition) is 1. The van der Waals surface area contributed by atoms with Crippen molar-refractivity contribution < 1.29 is 17.9 Å². The van der Waals surface area contributed by atoms with Crippen molar-refractivity contribution in [2.75, 3.05) is 19.4 Å². The van der Waals surface area contributed by atoms with Crippen molar-refractivity contribution in [1.82, 2.24) is 9.62 Å². The molecule has 2 rings (SSSR count). The van der Waals surface area contributed by atoms with Crippen LogP contribution in [0.5, 0.6) is 5.75 Å². The molecule has 1 atom stereocenters. The van der Waals surface area contributed by atoms with Crippen molar-refractivity contribution in [2.24, 2.45) is 0 Å². The highest BCUT2D eigenvalue weighted by molar-refractivity contribution is 7.88. The second kappa shape index (κ2) is 9.91. The fourth-order valence-electron chi connectivity index (χ4n) is 2.56. The standard InChI is InChI=1S/C20H25ClN2O4S/c1-15-8-4-7-11-19(15)27-14-16(2)22-20(24)13-23(28(3,25)26)12-17-9-5-6-10-18(17)21/h4-11,16H,12-14H2,1-3H3,(H,22,24)/t16-/m0/s1. The second-order valence-electron chi connectivity index (χ2n) is 6.67. The molecule has 0 fully saturated rings. The molecule has 1 N–H and O–H groups in total. The van der Waals surface area contributed by atoms with Crippen LogP contribution in [0.4, 0.5) is 0 Å². The Bertz CT molecular complexity index is 918. The van der Waals surface area contributed by atoms with Crippen LogP contribution in [0.25, 0.3) is 0 Å². The number of para-hydroxylation sites is 1. The lowest BCUT2D eigenvalue weighted by Gasteiger charge is -2.22. The first-order valence-electron chi connectivity index (χ1n) is 8.83. The zero-order valence-electron chi connectivity index (χ0n) is 16.2. The average Bonchev–Trinajstić information content (AvgIpc) is 2.61. The molecule has 0 unspecified atom stereocenters. The van der Waals surface area contributed by atoms with E-state index in [4.69, 9.17) is 16.3 Å². The molecule has 2 aromatic rings. The predicted molar refractivity (Wildman–Crippen MR) is 111 cm³/mol. The predicted octanol–water partition coefficient (Wildman–Crippen LogP) is 2.99. The zero-order valence-corrected chi connectivity index (χ0v) is 17.8. The highest BCUT2D eigenvalue weighted by Crippen LogP contribution is 2.18. The molecule has 0 saturated heterocycles. The normalized spacial score (nSPS) is 12.6. The van der Waals surface area contributed by atoms with Crippen LogP contribution in [0.3, 0.4) is 0 Å². The minimum Gasteiger partial charge on any atom is -0.491 e. The number of aryl methyl sites for hydroxylation is 1. The molecule has 0 aliphatic heterocycles. The van der Waals surface area contributed by atoms with Crippen LogP contribution in [0.15, 0.2) is 48.5 Å². The van der Waals surface area contributed by atoms with Crippen LogP contribution in [-0.4, -0.2) is 44.1 Å². The van der Waals surface area contributed by atoms with Gasteiger partial charge in [-0.25, -0.2) is 8.42 Å². The van der Waals surface area contributed by atoms with E-state index in [1.165, 1.54) is 0 Å². The fraction of sp³-hybridized carbons (Fsp3) is 0.350. The van der Waals surface area contributed by atoms with E-state index in [-0.39, 0.29) is 25.7 Å². The zero-order chi connectivity index (χ0) is 20.7. The molecule has 152 valence electrons. The summed E-state index contributed by atoms with van der Waals surface area (Å²) in [6.45, 7) is 3.76. The third-order valence-electron chi connectivity index (χ3n) is 4.08. The van der Waals surface area contributed by atoms with E-state index >= 15 is 0 Å². The van der Waals surface area contributed by atoms with Gasteiger partial charge < -0.3 is 10.1 Å². The number of halogens is 1. The summed E-state index contributed by atoms with van der Waals surface area (Å²) < 4.78 is 31.0. The fourth-order valence-corrected chi connectivity index (χ4v) is 3.48. The van der Waals surface area contributed by atoms with Crippen molar-refractivity contribution in [3.63, 3.8) is 0 Å². The van der Waals surface area contributed by atoms with E-state index in [9.17, 15) is 13.2 Å². The first kappa shape index (κ1) is 22.2. The summed E-state index contributed by atoms with van der Waals surface area (Å²) in [7, 11) is -3.59. The number of nitrogens with one attached hydrogen (secondary N) is 1. The molecule has 8 heteroatoms. The number of carbonyl (C=O) groups is 1. The van der Waals surface area contributed by atoms with Gasteiger partial charge in [-0.3, -0.25) is 4.79 Å². The Morgan fingerprint density at radius 1 is 1.18 bits per heavy atom. The maximum absolute atomic E-state index is 12.4. The maximum Gasteiger partial charge on any atom is 0.235 e. The highest BCUT2D eigenvalue weighted by atomic mass is 35.5. The maximum atomic E-state index is 12.4. The Hall–Kier alpha value is -2.09. The van der Waals surface area contributed by atoms with Crippen molar-refractivity contribution in [3.8, 4) is 5.75 Å². The van der Waals surface area contributed by atoms with E-state index in [1.54, 1.807) is 31.2 Å². The van der Waals surface area contributed by atoms with Crippen LogP contribution in [-0.2, 0) is 21.4 Å². The molecule has 28 heavy (non-hydrogen) atoms. The van der Waals surface area contributed by atoms with Gasteiger partial charge in [-0.2, -0.15) is 4.31 Å². The first-order valence-corrected chi connectivity index (χ1v) is 11.1. The van der Waals surface area contributed by atoms with Gasteiger partial charge in [0, 0.05) is 11.6 Å². The molecule has 0 bridgehead atoms. The first-order chi connectivity index (χ1) is 13.2. The van der Waals surface area contributed by atoms with Crippen molar-refractivity contribution in [2.45, 2.75) is 26.4 Å². The molecule has 0 aliphatic rings. The van der Waals surface area contributed by atoms with Crippen molar-refractivity contribution in [1.29, 1.82) is 0 Å². The number of sulfonamides is 1. The Balaban J connectivity index is 1.94. The average molecular weight is 425 g/mol. The summed E-state index contributed by atoms with van der Waals surface area (Å²) >= 11 is 6.11. The lowest BCUT2D eigenvalue weighted by molar-refractivity contribution is -0.122. The van der Waals surface area contributed by atoms with Crippen molar-refractivity contribution >= 4 is 27.5 Å². The third kappa shape index (κ3) is 6.82. The van der Waals surface area contributed by atoms with E-state index < -0.39 is 15.9 Å². The van der Waals surface area contributed by atoms with E-state index in [1.807, 2.05) is 31.2 Å². The van der Waals surface area contributed by atoms with Gasteiger partial charge in [-0.1, -0.05) is 48.0 Å². The molecule has 6 nitrogen and oxygen atoms in total. The van der Waals surface area contributed by atoms with Gasteiger partial charge in [0.05, 0.1) is 18.8 Å². The molecule has 0 spiro atoms. The minimum absolute atomic E-state index is 0.0278. The lowest BCUT2D eigenvalue weighted by atomic mass is 10.2. The summed E-state index contributed by atoms with van der Waals surface area (Å²) in [5.74, 6) is 0.346. The van der Waals surface area contributed by atoms with E-state index in [0.29, 0.717) is 10.6 Å². The Morgan fingerprint density at radius 2 is 1.82 bits per heavy atom. The Morgan fingerprint density at radius 3 is 2.46 bits per heavy atom. The largest absolute Gasteiger partial charge is 0.491 e. The van der Waals surface area contributed by atoms with Gasteiger partial charge in [0.25, 0.3) is 0 Å². The van der Waals surface area contributed by atoms with Crippen LogP contribution < -0.4 is 10.1 Å². The van der Waals surface area contributed by atoms with Crippen molar-refractivity contribution in [3.05, 3.63) is 64.7 Å². The number of hydrogen-bond acceptors (Lipinski definition) is 4. The smallest absolute Gasteiger partial charge is 0.235 e. The summed E-state index contributed by atoms with van der Waals surface area (Å²) in [5.41, 5.74) is 1.64. The van der Waals surface area contributed by atoms with Crippen LogP contribution in [0.1, 0.15) is 18.1 Å². The number of rotatable bonds is 9. The highest BCUT2D eigenvalue weighted by Gasteiger charge is 2.22. The van der Waals surface area contributed by atoms with Gasteiger partial charge in [-0.15, -0.1) is 0 Å². The number of carbonyl (C=O) groups excluding carboxylic acids is 1. The summed E-state index contributed by atoms with van der Waals surface area (Å²) in [6, 6.07) is 14.3. The Labute approximate surface area is 171 Å². The topological polar surface area (TPSA) is 75.7 Å². The summed E-state index contributed by atoms with van der Waals surface area (Å²) in [5, 5.41) is 3.22. The minimum atomic E-state index is -3.59. The monoisotopic (exact) mass is 424 g/mol. The van der Waals surface area contributed by atoms with Crippen LogP contribution in [0.2, 0.25) is 5.02 Å². The molecular weight excluding hydrogens is 400 g/mol. The molecule has 0 aromatic heterocycles. The number of benzene rings is 2. The summed E-state index contributed by atoms with van der Waals surface area (Å²) in [4.78, 5) is 12.4. The lowest BCUT2D eigenvalue weighted by Crippen LogP contribution is -2.44. The molecule has 0 heterocycles. The van der Waals surface area contributed by atoms with Gasteiger partial charge in [0.1, 0.15) is 12.4 Å². The number of ether oxygens (including phenoxy) is 1. The molecule has 2 aromatic carbocycles. The quantitative estimate of drug-likeness (QED) is 0.671. The summed E-state index contributed by atoms with van der Waals surface area (Å²) in [6.07, 6.45) is 1.07. The second-order valence-corrected chi connectivity index (χ2v) is 9.06. The van der Waals surface area contributed by atoms with Gasteiger partial charge >= 0.3 is 0 Å². The molecule has 0 saturated carbocycles. The van der Waals surface area contributed by atoms with E-state index in [0.717, 1.165) is 21.9 Å². The number of amides is 1. The Kier molecular flexibility index (Phi) is 7.86. The third-order valence-corrected chi connectivity index (χ3v) is 5.65. The van der Waals surface area contributed by atoms with Crippen LogP contribution >= 0.6 is 11.6 Å². The molecule has 0 aliphatic carbocycles. The van der Waals surface area contributed by atoms with Gasteiger partial charge in [0.15, 0.2) is 0 Å². The van der Waals surface area contributed by atoms with Crippen LogP contribution in [0, 0.1) is 6.92 Å². The molecule has 0 radical (unpaired) electrons. The van der Waals surface area contributed by atoms with Gasteiger partial charge in [-0.05, 0) is 37.1 Å². The number of nitrogens with zero attached hydrogens (tertiary/aromatic N) is 1.